The van der Waals surface area contributed by atoms with E-state index in [1.807, 2.05) is 20.9 Å². The first-order valence-corrected chi connectivity index (χ1v) is 15.8. The lowest BCUT2D eigenvalue weighted by atomic mass is 10.0. The summed E-state index contributed by atoms with van der Waals surface area (Å²) in [6.07, 6.45) is 20.3. The highest BCUT2D eigenvalue weighted by Gasteiger charge is 2.30. The number of amides is 1. The highest BCUT2D eigenvalue weighted by atomic mass is 16.5. The largest absolute Gasteiger partial charge is 0.394 e. The van der Waals surface area contributed by atoms with E-state index >= 15 is 0 Å². The van der Waals surface area contributed by atoms with Crippen LogP contribution in [0.4, 0.5) is 0 Å². The van der Waals surface area contributed by atoms with Crippen LogP contribution in [-0.2, 0) is 4.74 Å². The van der Waals surface area contributed by atoms with Gasteiger partial charge in [-0.1, -0.05) is 102 Å². The van der Waals surface area contributed by atoms with Crippen LogP contribution in [0.15, 0.2) is 60.2 Å². The van der Waals surface area contributed by atoms with E-state index in [2.05, 4.69) is 44.2 Å². The first-order chi connectivity index (χ1) is 20.4. The number of nitrogens with zero attached hydrogens (tertiary/aromatic N) is 1. The molecule has 1 aliphatic rings. The lowest BCUT2D eigenvalue weighted by Gasteiger charge is -2.30. The molecule has 7 heteroatoms. The number of benzene rings is 1. The summed E-state index contributed by atoms with van der Waals surface area (Å²) in [4.78, 5) is 25.4. The molecule has 3 N–H and O–H groups in total. The van der Waals surface area contributed by atoms with Crippen LogP contribution in [0.2, 0.25) is 0 Å². The van der Waals surface area contributed by atoms with Crippen molar-refractivity contribution in [3.8, 4) is 0 Å². The Labute approximate surface area is 255 Å². The third-order valence-electron chi connectivity index (χ3n) is 6.82. The molecule has 0 aromatic heterocycles. The number of unbranched alkanes of at least 4 members (excludes halogenated alkanes) is 5. The van der Waals surface area contributed by atoms with Gasteiger partial charge in [-0.05, 0) is 50.2 Å². The molecule has 1 heterocycles. The van der Waals surface area contributed by atoms with E-state index in [4.69, 9.17) is 20.1 Å². The maximum atomic E-state index is 12.5. The molecule has 1 aliphatic heterocycles. The molecule has 1 amide bonds. The molecular weight excluding hydrogens is 530 g/mol. The third-order valence-corrected chi connectivity index (χ3v) is 6.82. The molecule has 1 saturated heterocycles. The zero-order valence-corrected chi connectivity index (χ0v) is 26.7. The number of aldehydes is 1. The summed E-state index contributed by atoms with van der Waals surface area (Å²) < 4.78 is 4.95. The predicted octanol–water partition coefficient (Wildman–Crippen LogP) is 6.68. The monoisotopic (exact) mass is 587 g/mol. The van der Waals surface area contributed by atoms with Gasteiger partial charge in [0.25, 0.3) is 5.91 Å². The number of rotatable bonds is 16. The molecule has 42 heavy (non-hydrogen) atoms. The molecular formula is C35H57NO6. The van der Waals surface area contributed by atoms with E-state index in [1.54, 1.807) is 29.2 Å². The Morgan fingerprint density at radius 2 is 1.64 bits per heavy atom. The van der Waals surface area contributed by atoms with E-state index < -0.39 is 18.3 Å². The first kappa shape index (κ1) is 39.4. The number of allylic oxidation sites excluding steroid dienone is 6. The lowest BCUT2D eigenvalue weighted by Crippen LogP contribution is -2.46. The number of carbonyl (C=O) groups is 2. The van der Waals surface area contributed by atoms with Crippen LogP contribution >= 0.6 is 0 Å². The van der Waals surface area contributed by atoms with Gasteiger partial charge in [0.15, 0.2) is 6.29 Å². The molecule has 238 valence electrons. The van der Waals surface area contributed by atoms with Crippen molar-refractivity contribution in [2.45, 2.75) is 110 Å². The minimum absolute atomic E-state index is 0.0747. The van der Waals surface area contributed by atoms with Crippen LogP contribution in [0.5, 0.6) is 0 Å². The van der Waals surface area contributed by atoms with Crippen molar-refractivity contribution in [2.75, 3.05) is 26.8 Å². The maximum Gasteiger partial charge on any atom is 0.254 e. The second kappa shape index (κ2) is 26.1. The minimum atomic E-state index is -0.932. The Morgan fingerprint density at radius 3 is 2.26 bits per heavy atom. The molecule has 0 saturated carbocycles. The molecule has 1 aromatic carbocycles. The Morgan fingerprint density at radius 1 is 1.00 bits per heavy atom. The van der Waals surface area contributed by atoms with Crippen LogP contribution in [-0.4, -0.2) is 77.5 Å². The number of hydrogen-bond acceptors (Lipinski definition) is 6. The number of aliphatic hydroxyl groups is 3. The quantitative estimate of drug-likeness (QED) is 0.113. The fourth-order valence-electron chi connectivity index (χ4n) is 4.32. The summed E-state index contributed by atoms with van der Waals surface area (Å²) in [6.45, 7) is 9.22. The first-order valence-electron chi connectivity index (χ1n) is 15.8. The summed E-state index contributed by atoms with van der Waals surface area (Å²) in [5.41, 5.74) is 2.36. The van der Waals surface area contributed by atoms with Crippen LogP contribution in [0.25, 0.3) is 0 Å². The van der Waals surface area contributed by atoms with Crippen molar-refractivity contribution in [1.29, 1.82) is 0 Å². The van der Waals surface area contributed by atoms with E-state index in [0.29, 0.717) is 24.2 Å². The van der Waals surface area contributed by atoms with Crippen molar-refractivity contribution in [1.82, 2.24) is 4.90 Å². The fourth-order valence-corrected chi connectivity index (χ4v) is 4.32. The Kier molecular flexibility index (Phi) is 24.5. The Hall–Kier alpha value is -2.58. The maximum absolute atomic E-state index is 12.5. The summed E-state index contributed by atoms with van der Waals surface area (Å²) in [6, 6.07) is 6.99. The summed E-state index contributed by atoms with van der Waals surface area (Å²) in [5.74, 6) is -0.0747. The second-order valence-corrected chi connectivity index (χ2v) is 10.1. The van der Waals surface area contributed by atoms with E-state index in [-0.39, 0.29) is 12.5 Å². The van der Waals surface area contributed by atoms with Gasteiger partial charge >= 0.3 is 0 Å². The SMILES string of the molecule is CC.CC/C=C/C=C(\C=C\CC)CCCCCCCCN(C)C(=O)c1ccccc1C=O.OCC1OCCC(O)C1O. The predicted molar refractivity (Wildman–Crippen MR) is 173 cm³/mol. The van der Waals surface area contributed by atoms with E-state index in [1.165, 1.54) is 31.3 Å². The highest BCUT2D eigenvalue weighted by Crippen LogP contribution is 2.15. The molecule has 0 spiro atoms. The molecule has 1 aromatic rings. The molecule has 0 aliphatic carbocycles. The fraction of sp³-hybridized carbons (Fsp3) is 0.600. The molecule has 1 fully saturated rings. The average molecular weight is 588 g/mol. The molecule has 0 bridgehead atoms. The van der Waals surface area contributed by atoms with Gasteiger partial charge in [-0.2, -0.15) is 0 Å². The summed E-state index contributed by atoms with van der Waals surface area (Å²) in [5, 5.41) is 26.7. The standard InChI is InChI=1S/C27H39NO2.C6H12O4.C2H6/c1-4-6-12-18-24(17-7-5-2)19-13-10-8-9-11-16-22-28(3)27(30)26-21-15-14-20-25(26)23-29;7-3-5-6(9)4(8)1-2-10-5;1-2/h6-7,12,14-15,17-18,20-21,23H,4-5,8-11,13,16,19,22H2,1-3H3;4-9H,1-3H2;1-2H3/b12-6+,17-7+,24-18+;;. The van der Waals surface area contributed by atoms with Crippen LogP contribution in [0, 0.1) is 0 Å². The minimum Gasteiger partial charge on any atom is -0.394 e. The summed E-state index contributed by atoms with van der Waals surface area (Å²) >= 11 is 0. The van der Waals surface area contributed by atoms with E-state index in [0.717, 1.165) is 44.9 Å². The van der Waals surface area contributed by atoms with Gasteiger partial charge in [0.2, 0.25) is 0 Å². The molecule has 3 atom stereocenters. The Bertz CT molecular complexity index is 926. The van der Waals surface area contributed by atoms with Crippen molar-refractivity contribution in [3.63, 3.8) is 0 Å². The lowest BCUT2D eigenvalue weighted by molar-refractivity contribution is -0.147. The van der Waals surface area contributed by atoms with Crippen molar-refractivity contribution in [2.24, 2.45) is 0 Å². The number of ether oxygens (including phenoxy) is 1. The van der Waals surface area contributed by atoms with Gasteiger partial charge in [0, 0.05) is 25.8 Å². The number of hydrogen-bond donors (Lipinski definition) is 3. The average Bonchev–Trinajstić information content (AvgIpc) is 3.02. The van der Waals surface area contributed by atoms with Gasteiger partial charge in [-0.3, -0.25) is 9.59 Å². The van der Waals surface area contributed by atoms with Gasteiger partial charge in [0.1, 0.15) is 12.2 Å². The van der Waals surface area contributed by atoms with Gasteiger partial charge < -0.3 is 25.0 Å². The molecule has 7 nitrogen and oxygen atoms in total. The van der Waals surface area contributed by atoms with Crippen molar-refractivity contribution < 1.29 is 29.6 Å². The molecule has 2 rings (SSSR count). The highest BCUT2D eigenvalue weighted by molar-refractivity contribution is 6.01. The second-order valence-electron chi connectivity index (χ2n) is 10.1. The van der Waals surface area contributed by atoms with Crippen LogP contribution in [0.3, 0.4) is 0 Å². The normalized spacial score (nSPS) is 18.7. The topological polar surface area (TPSA) is 107 Å². The summed E-state index contributed by atoms with van der Waals surface area (Å²) in [7, 11) is 1.81. The Balaban J connectivity index is 0.00000116. The zero-order valence-electron chi connectivity index (χ0n) is 26.7. The smallest absolute Gasteiger partial charge is 0.254 e. The molecule has 3 unspecified atom stereocenters. The number of aliphatic hydroxyl groups excluding tert-OH is 3. The van der Waals surface area contributed by atoms with E-state index in [9.17, 15) is 9.59 Å². The van der Waals surface area contributed by atoms with Crippen LogP contribution in [0.1, 0.15) is 113 Å². The van der Waals surface area contributed by atoms with Gasteiger partial charge in [0.05, 0.1) is 18.3 Å². The van der Waals surface area contributed by atoms with Crippen LogP contribution < -0.4 is 0 Å². The van der Waals surface area contributed by atoms with Gasteiger partial charge in [-0.25, -0.2) is 0 Å². The molecule has 0 radical (unpaired) electrons. The zero-order chi connectivity index (χ0) is 31.6. The van der Waals surface area contributed by atoms with Crippen molar-refractivity contribution in [3.05, 3.63) is 71.3 Å². The van der Waals surface area contributed by atoms with Crippen molar-refractivity contribution >= 4 is 12.2 Å². The van der Waals surface area contributed by atoms with Gasteiger partial charge in [-0.15, -0.1) is 0 Å². The number of carbonyl (C=O) groups excluding carboxylic acids is 2. The third kappa shape index (κ3) is 16.8.